The number of carboxylic acid groups (broad SMARTS) is 1. The molecule has 1 aliphatic heterocycles. The van der Waals surface area contributed by atoms with Gasteiger partial charge in [0.05, 0.1) is 6.42 Å². The number of carbonyl (C=O) groups is 3. The molecule has 7 heteroatoms. The van der Waals surface area contributed by atoms with Crippen LogP contribution in [-0.4, -0.2) is 53.6 Å². The second kappa shape index (κ2) is 5.91. The average molecular weight is 297 g/mol. The fraction of sp³-hybridized carbons (Fsp3) is 0.786. The van der Waals surface area contributed by atoms with Crippen LogP contribution in [0.25, 0.3) is 0 Å². The summed E-state index contributed by atoms with van der Waals surface area (Å²) in [7, 11) is 0. The van der Waals surface area contributed by atoms with Gasteiger partial charge >= 0.3 is 12.0 Å². The second-order valence-corrected chi connectivity index (χ2v) is 6.27. The van der Waals surface area contributed by atoms with Gasteiger partial charge in [-0.1, -0.05) is 13.8 Å². The molecule has 0 aromatic rings. The van der Waals surface area contributed by atoms with E-state index in [0.717, 1.165) is 12.8 Å². The van der Waals surface area contributed by atoms with Crippen LogP contribution in [0, 0.1) is 11.3 Å². The van der Waals surface area contributed by atoms with E-state index in [1.165, 1.54) is 4.90 Å². The normalized spacial score (nSPS) is 23.7. The van der Waals surface area contributed by atoms with Gasteiger partial charge in [0.1, 0.15) is 6.04 Å². The largest absolute Gasteiger partial charge is 0.481 e. The van der Waals surface area contributed by atoms with Gasteiger partial charge in [-0.05, 0) is 24.2 Å². The first-order chi connectivity index (χ1) is 9.85. The van der Waals surface area contributed by atoms with E-state index >= 15 is 0 Å². The molecule has 21 heavy (non-hydrogen) atoms. The molecule has 2 aliphatic rings. The quantitative estimate of drug-likeness (QED) is 0.684. The molecule has 1 unspecified atom stereocenters. The number of nitrogens with one attached hydrogen (secondary N) is 2. The van der Waals surface area contributed by atoms with E-state index in [0.29, 0.717) is 25.6 Å². The first kappa shape index (κ1) is 15.6. The van der Waals surface area contributed by atoms with Gasteiger partial charge in [0, 0.05) is 19.6 Å². The summed E-state index contributed by atoms with van der Waals surface area (Å²) in [5, 5.41) is 14.4. The van der Waals surface area contributed by atoms with Gasteiger partial charge in [-0.3, -0.25) is 9.59 Å². The van der Waals surface area contributed by atoms with Crippen LogP contribution in [-0.2, 0) is 9.59 Å². The monoisotopic (exact) mass is 297 g/mol. The Morgan fingerprint density at radius 2 is 2.14 bits per heavy atom. The van der Waals surface area contributed by atoms with Crippen molar-refractivity contribution in [2.24, 2.45) is 11.3 Å². The molecular weight excluding hydrogens is 274 g/mol. The molecule has 0 radical (unpaired) electrons. The Balaban J connectivity index is 1.95. The number of rotatable bonds is 5. The van der Waals surface area contributed by atoms with E-state index in [2.05, 4.69) is 24.5 Å². The van der Waals surface area contributed by atoms with Crippen molar-refractivity contribution in [3.8, 4) is 0 Å². The van der Waals surface area contributed by atoms with Crippen LogP contribution in [0.5, 0.6) is 0 Å². The summed E-state index contributed by atoms with van der Waals surface area (Å²) in [6, 6.07) is -1.27. The molecule has 0 aromatic heterocycles. The van der Waals surface area contributed by atoms with Crippen molar-refractivity contribution in [2.45, 2.75) is 39.2 Å². The lowest BCUT2D eigenvalue weighted by atomic mass is 9.92. The minimum Gasteiger partial charge on any atom is -0.481 e. The maximum atomic E-state index is 12.3. The number of piperazine rings is 1. The minimum absolute atomic E-state index is 0.177. The Hall–Kier alpha value is -1.79. The van der Waals surface area contributed by atoms with Crippen molar-refractivity contribution in [3.63, 3.8) is 0 Å². The lowest BCUT2D eigenvalue weighted by Crippen LogP contribution is -2.60. The van der Waals surface area contributed by atoms with Gasteiger partial charge in [-0.2, -0.15) is 0 Å². The number of aliphatic carboxylic acids is 1. The zero-order chi connectivity index (χ0) is 15.6. The highest BCUT2D eigenvalue weighted by atomic mass is 16.4. The SMILES string of the molecule is CC(C)C1(CNC(=O)N2CCNC(=O)C2CC(=O)O)CC1. The predicted molar refractivity (Wildman–Crippen MR) is 75.7 cm³/mol. The molecule has 1 aliphatic carbocycles. The number of carboxylic acids is 1. The molecule has 2 rings (SSSR count). The van der Waals surface area contributed by atoms with E-state index in [-0.39, 0.29) is 17.9 Å². The molecule has 3 N–H and O–H groups in total. The van der Waals surface area contributed by atoms with Crippen molar-refractivity contribution in [1.82, 2.24) is 15.5 Å². The van der Waals surface area contributed by atoms with Crippen LogP contribution in [0.3, 0.4) is 0 Å². The summed E-state index contributed by atoms with van der Waals surface area (Å²) in [6.45, 7) is 5.56. The highest BCUT2D eigenvalue weighted by molar-refractivity contribution is 5.91. The Morgan fingerprint density at radius 3 is 2.67 bits per heavy atom. The van der Waals surface area contributed by atoms with Crippen LogP contribution in [0.4, 0.5) is 4.79 Å². The lowest BCUT2D eigenvalue weighted by molar-refractivity contribution is -0.142. The fourth-order valence-corrected chi connectivity index (χ4v) is 2.80. The predicted octanol–water partition coefficient (Wildman–Crippen LogP) is 0.407. The zero-order valence-electron chi connectivity index (χ0n) is 12.5. The second-order valence-electron chi connectivity index (χ2n) is 6.27. The zero-order valence-corrected chi connectivity index (χ0v) is 12.5. The van der Waals surface area contributed by atoms with Gasteiger partial charge in [0.15, 0.2) is 0 Å². The summed E-state index contributed by atoms with van der Waals surface area (Å²) in [5.74, 6) is -0.989. The van der Waals surface area contributed by atoms with Crippen molar-refractivity contribution in [3.05, 3.63) is 0 Å². The van der Waals surface area contributed by atoms with Crippen LogP contribution in [0.2, 0.25) is 0 Å². The molecule has 0 spiro atoms. The topological polar surface area (TPSA) is 98.7 Å². The van der Waals surface area contributed by atoms with Crippen LogP contribution < -0.4 is 10.6 Å². The van der Waals surface area contributed by atoms with Crippen LogP contribution in [0.1, 0.15) is 33.1 Å². The maximum Gasteiger partial charge on any atom is 0.318 e. The van der Waals surface area contributed by atoms with E-state index in [4.69, 9.17) is 5.11 Å². The highest BCUT2D eigenvalue weighted by Crippen LogP contribution is 2.51. The van der Waals surface area contributed by atoms with E-state index in [1.54, 1.807) is 0 Å². The number of urea groups is 1. The average Bonchev–Trinajstić information content (AvgIpc) is 3.19. The molecule has 3 amide bonds. The van der Waals surface area contributed by atoms with Gasteiger partial charge in [-0.25, -0.2) is 4.79 Å². The third-order valence-corrected chi connectivity index (χ3v) is 4.67. The first-order valence-corrected chi connectivity index (χ1v) is 7.40. The summed E-state index contributed by atoms with van der Waals surface area (Å²) >= 11 is 0. The number of hydrogen-bond donors (Lipinski definition) is 3. The van der Waals surface area contributed by atoms with E-state index < -0.39 is 17.9 Å². The third kappa shape index (κ3) is 3.46. The maximum absolute atomic E-state index is 12.3. The fourth-order valence-electron chi connectivity index (χ4n) is 2.80. The van der Waals surface area contributed by atoms with E-state index in [1.807, 2.05) is 0 Å². The number of hydrogen-bond acceptors (Lipinski definition) is 3. The molecule has 1 heterocycles. The summed E-state index contributed by atoms with van der Waals surface area (Å²) in [4.78, 5) is 36.2. The summed E-state index contributed by atoms with van der Waals surface area (Å²) in [5.41, 5.74) is 0.177. The highest BCUT2D eigenvalue weighted by Gasteiger charge is 2.46. The molecule has 7 nitrogen and oxygen atoms in total. The van der Waals surface area contributed by atoms with Crippen molar-refractivity contribution >= 4 is 17.9 Å². The smallest absolute Gasteiger partial charge is 0.318 e. The molecule has 0 aromatic carbocycles. The standard InChI is InChI=1S/C14H23N3O4/c1-9(2)14(3-4-14)8-16-13(21)17-6-5-15-12(20)10(17)7-11(18)19/h9-10H,3-8H2,1-2H3,(H,15,20)(H,16,21)(H,18,19). The van der Waals surface area contributed by atoms with Crippen LogP contribution >= 0.6 is 0 Å². The summed E-state index contributed by atoms with van der Waals surface area (Å²) in [6.07, 6.45) is 1.84. The Morgan fingerprint density at radius 1 is 1.48 bits per heavy atom. The molecule has 2 fully saturated rings. The van der Waals surface area contributed by atoms with Gasteiger partial charge in [0.25, 0.3) is 0 Å². The van der Waals surface area contributed by atoms with Crippen LogP contribution in [0.15, 0.2) is 0 Å². The molecule has 118 valence electrons. The Kier molecular flexibility index (Phi) is 4.39. The number of amides is 3. The van der Waals surface area contributed by atoms with Gasteiger partial charge in [0.2, 0.25) is 5.91 Å². The van der Waals surface area contributed by atoms with Crippen molar-refractivity contribution in [2.75, 3.05) is 19.6 Å². The molecular formula is C14H23N3O4. The van der Waals surface area contributed by atoms with Crippen molar-refractivity contribution in [1.29, 1.82) is 0 Å². The number of nitrogens with zero attached hydrogens (tertiary/aromatic N) is 1. The molecule has 0 bridgehead atoms. The molecule has 1 atom stereocenters. The first-order valence-electron chi connectivity index (χ1n) is 7.40. The van der Waals surface area contributed by atoms with Gasteiger partial charge < -0.3 is 20.6 Å². The molecule has 1 saturated carbocycles. The van der Waals surface area contributed by atoms with Gasteiger partial charge in [-0.15, -0.1) is 0 Å². The lowest BCUT2D eigenvalue weighted by Gasteiger charge is -2.34. The summed E-state index contributed by atoms with van der Waals surface area (Å²) < 4.78 is 0. The van der Waals surface area contributed by atoms with E-state index in [9.17, 15) is 14.4 Å². The van der Waals surface area contributed by atoms with Crippen molar-refractivity contribution < 1.29 is 19.5 Å². The third-order valence-electron chi connectivity index (χ3n) is 4.67. The number of carbonyl (C=O) groups excluding carboxylic acids is 2. The molecule has 1 saturated heterocycles. The minimum atomic E-state index is -1.09. The Labute approximate surface area is 124 Å². The Bertz CT molecular complexity index is 446.